The van der Waals surface area contributed by atoms with E-state index in [4.69, 9.17) is 21.6 Å². The molecule has 1 aromatic heterocycles. The zero-order valence-corrected chi connectivity index (χ0v) is 26.6. The van der Waals surface area contributed by atoms with Crippen LogP contribution >= 0.6 is 11.6 Å². The van der Waals surface area contributed by atoms with Crippen molar-refractivity contribution in [3.63, 3.8) is 0 Å². The predicted octanol–water partition coefficient (Wildman–Crippen LogP) is 6.80. The van der Waals surface area contributed by atoms with Crippen molar-refractivity contribution >= 4 is 34.2 Å². The standard InChI is InChI=1S/C35H47ClN6O/c1-24-12-13-27(31(36)20-24)16-18-42-23-38-33-21-28(14-15-30(33)34(42)43)39-35(41-19-17-37-25(2)22-41)40-32-11-7-6-10-29(32)26-8-4-3-5-9-26/h12-15,20-21,23,25-26,29,32,37H,3-11,16-19,22H2,1-2H3,(H,39,40)/t25-,29?,32?/m0/s1. The lowest BCUT2D eigenvalue weighted by Gasteiger charge is -2.39. The second kappa shape index (κ2) is 13.8. The number of guanidine groups is 1. The van der Waals surface area contributed by atoms with Gasteiger partial charge in [0.1, 0.15) is 0 Å². The number of hydrogen-bond acceptors (Lipinski definition) is 4. The molecule has 7 nitrogen and oxygen atoms in total. The van der Waals surface area contributed by atoms with Gasteiger partial charge in [-0.25, -0.2) is 9.98 Å². The lowest BCUT2D eigenvalue weighted by Crippen LogP contribution is -2.53. The number of nitrogens with one attached hydrogen (secondary N) is 2. The minimum Gasteiger partial charge on any atom is -0.340 e. The van der Waals surface area contributed by atoms with Crippen LogP contribution in [0.1, 0.15) is 75.8 Å². The molecular weight excluding hydrogens is 556 g/mol. The van der Waals surface area contributed by atoms with Gasteiger partial charge in [-0.3, -0.25) is 9.36 Å². The van der Waals surface area contributed by atoms with Crippen molar-refractivity contribution in [1.82, 2.24) is 19.8 Å². The maximum absolute atomic E-state index is 13.4. The number of benzene rings is 2. The summed E-state index contributed by atoms with van der Waals surface area (Å²) in [4.78, 5) is 26.0. The molecule has 0 spiro atoms. The van der Waals surface area contributed by atoms with Crippen molar-refractivity contribution in [3.8, 4) is 0 Å². The van der Waals surface area contributed by atoms with E-state index in [1.54, 1.807) is 10.9 Å². The Kier molecular flexibility index (Phi) is 9.68. The van der Waals surface area contributed by atoms with Crippen molar-refractivity contribution in [3.05, 3.63) is 69.2 Å². The SMILES string of the molecule is Cc1ccc(CCn2cnc3cc(NC(=NC4CCCCC4C4CCCCC4)N4CCN[C@@H](C)C4)ccc3c2=O)c(Cl)c1. The van der Waals surface area contributed by atoms with E-state index in [-0.39, 0.29) is 5.56 Å². The molecule has 3 aliphatic rings. The molecule has 230 valence electrons. The third-order valence-corrected chi connectivity index (χ3v) is 10.3. The van der Waals surface area contributed by atoms with Crippen LogP contribution in [-0.2, 0) is 13.0 Å². The smallest absolute Gasteiger partial charge is 0.261 e. The van der Waals surface area contributed by atoms with Crippen molar-refractivity contribution in [2.75, 3.05) is 25.0 Å². The normalized spacial score (nSPS) is 23.9. The van der Waals surface area contributed by atoms with Crippen molar-refractivity contribution < 1.29 is 0 Å². The maximum atomic E-state index is 13.4. The Bertz CT molecular complexity index is 1500. The highest BCUT2D eigenvalue weighted by Crippen LogP contribution is 2.40. The fraction of sp³-hybridized carbons (Fsp3) is 0.571. The second-order valence-electron chi connectivity index (χ2n) is 13.1. The van der Waals surface area contributed by atoms with Gasteiger partial charge in [0.15, 0.2) is 5.96 Å². The van der Waals surface area contributed by atoms with Crippen molar-refractivity contribution in [1.29, 1.82) is 0 Å². The lowest BCUT2D eigenvalue weighted by atomic mass is 9.71. The van der Waals surface area contributed by atoms with Gasteiger partial charge in [-0.15, -0.1) is 0 Å². The molecule has 2 saturated carbocycles. The van der Waals surface area contributed by atoms with Gasteiger partial charge in [0, 0.05) is 42.9 Å². The van der Waals surface area contributed by atoms with Gasteiger partial charge in [-0.05, 0) is 80.3 Å². The van der Waals surface area contributed by atoms with Gasteiger partial charge < -0.3 is 15.5 Å². The molecule has 1 saturated heterocycles. The molecule has 3 aromatic rings. The molecule has 3 fully saturated rings. The lowest BCUT2D eigenvalue weighted by molar-refractivity contribution is 0.171. The fourth-order valence-electron chi connectivity index (χ4n) is 7.51. The third-order valence-electron chi connectivity index (χ3n) is 9.91. The number of nitrogens with zero attached hydrogens (tertiary/aromatic N) is 4. The van der Waals surface area contributed by atoms with Gasteiger partial charge in [0.2, 0.25) is 0 Å². The Labute approximate surface area is 261 Å². The largest absolute Gasteiger partial charge is 0.340 e. The first kappa shape index (κ1) is 30.1. The molecule has 0 radical (unpaired) electrons. The van der Waals surface area contributed by atoms with Crippen LogP contribution in [-0.4, -0.2) is 52.1 Å². The van der Waals surface area contributed by atoms with Gasteiger partial charge >= 0.3 is 0 Å². The first-order valence-corrected chi connectivity index (χ1v) is 16.9. The summed E-state index contributed by atoms with van der Waals surface area (Å²) >= 11 is 6.44. The van der Waals surface area contributed by atoms with E-state index in [0.29, 0.717) is 41.9 Å². The molecule has 2 aromatic carbocycles. The highest BCUT2D eigenvalue weighted by Gasteiger charge is 2.33. The highest BCUT2D eigenvalue weighted by atomic mass is 35.5. The van der Waals surface area contributed by atoms with Crippen LogP contribution in [0.15, 0.2) is 52.5 Å². The molecule has 8 heteroatoms. The zero-order valence-electron chi connectivity index (χ0n) is 25.8. The Morgan fingerprint density at radius 1 is 1.07 bits per heavy atom. The van der Waals surface area contributed by atoms with Crippen molar-refractivity contribution in [2.45, 2.75) is 96.7 Å². The van der Waals surface area contributed by atoms with Crippen molar-refractivity contribution in [2.24, 2.45) is 16.8 Å². The number of fused-ring (bicyclic) bond motifs is 1. The first-order chi connectivity index (χ1) is 20.9. The maximum Gasteiger partial charge on any atom is 0.261 e. The van der Waals surface area contributed by atoms with Gasteiger partial charge in [-0.2, -0.15) is 0 Å². The second-order valence-corrected chi connectivity index (χ2v) is 13.5. The molecule has 2 unspecified atom stereocenters. The van der Waals surface area contributed by atoms with Gasteiger partial charge in [0.25, 0.3) is 5.56 Å². The Morgan fingerprint density at radius 3 is 2.70 bits per heavy atom. The summed E-state index contributed by atoms with van der Waals surface area (Å²) in [6.45, 7) is 7.61. The van der Waals surface area contributed by atoms with E-state index in [9.17, 15) is 4.79 Å². The first-order valence-electron chi connectivity index (χ1n) is 16.5. The van der Waals surface area contributed by atoms with E-state index in [2.05, 4.69) is 28.5 Å². The van der Waals surface area contributed by atoms with Gasteiger partial charge in [0.05, 0.1) is 23.3 Å². The van der Waals surface area contributed by atoms with E-state index in [1.807, 2.05) is 37.3 Å². The number of hydrogen-bond donors (Lipinski definition) is 2. The summed E-state index contributed by atoms with van der Waals surface area (Å²) in [5.41, 5.74) is 3.77. The van der Waals surface area contributed by atoms with E-state index in [0.717, 1.165) is 53.3 Å². The summed E-state index contributed by atoms with van der Waals surface area (Å²) in [5.74, 6) is 2.49. The molecule has 2 aliphatic carbocycles. The fourth-order valence-corrected chi connectivity index (χ4v) is 7.84. The third kappa shape index (κ3) is 7.26. The van der Waals surface area contributed by atoms with Crippen LogP contribution in [0.25, 0.3) is 10.9 Å². The monoisotopic (exact) mass is 602 g/mol. The Balaban J connectivity index is 1.24. The summed E-state index contributed by atoms with van der Waals surface area (Å²) in [7, 11) is 0. The van der Waals surface area contributed by atoms with E-state index in [1.165, 1.54) is 57.8 Å². The quantitative estimate of drug-likeness (QED) is 0.240. The zero-order chi connectivity index (χ0) is 29.8. The predicted molar refractivity (Wildman–Crippen MR) is 178 cm³/mol. The van der Waals surface area contributed by atoms with Crippen LogP contribution in [0.5, 0.6) is 0 Å². The van der Waals surface area contributed by atoms with Crippen LogP contribution in [0.2, 0.25) is 5.02 Å². The van der Waals surface area contributed by atoms with E-state index >= 15 is 0 Å². The number of aromatic nitrogens is 2. The molecule has 43 heavy (non-hydrogen) atoms. The topological polar surface area (TPSA) is 74.6 Å². The average molecular weight is 603 g/mol. The number of halogens is 1. The number of aliphatic imine (C=N–C) groups is 1. The van der Waals surface area contributed by atoms with E-state index < -0.39 is 0 Å². The summed E-state index contributed by atoms with van der Waals surface area (Å²) in [5, 5.41) is 8.66. The molecular formula is C35H47ClN6O. The molecule has 0 bridgehead atoms. The molecule has 1 aliphatic heterocycles. The average Bonchev–Trinajstić information content (AvgIpc) is 3.02. The molecule has 6 rings (SSSR count). The summed E-state index contributed by atoms with van der Waals surface area (Å²) < 4.78 is 1.69. The Morgan fingerprint density at radius 2 is 1.88 bits per heavy atom. The van der Waals surface area contributed by atoms with Crippen LogP contribution < -0.4 is 16.2 Å². The number of rotatable bonds is 6. The molecule has 2 heterocycles. The molecule has 2 N–H and O–H groups in total. The highest BCUT2D eigenvalue weighted by molar-refractivity contribution is 6.31. The summed E-state index contributed by atoms with van der Waals surface area (Å²) in [6.07, 6.45) is 14.3. The minimum atomic E-state index is -0.0258. The molecule has 0 amide bonds. The number of aryl methyl sites for hydroxylation is 3. The number of piperazine rings is 1. The summed E-state index contributed by atoms with van der Waals surface area (Å²) in [6, 6.07) is 12.8. The van der Waals surface area contributed by atoms with Gasteiger partial charge in [-0.1, -0.05) is 68.7 Å². The Hall–Kier alpha value is -2.90. The minimum absolute atomic E-state index is 0.0258. The molecule has 3 atom stereocenters. The van der Waals surface area contributed by atoms with Crippen LogP contribution in [0.3, 0.4) is 0 Å². The van der Waals surface area contributed by atoms with Crippen LogP contribution in [0, 0.1) is 18.8 Å². The van der Waals surface area contributed by atoms with Crippen LogP contribution in [0.4, 0.5) is 5.69 Å². The number of anilines is 1.